The van der Waals surface area contributed by atoms with E-state index >= 15 is 8.78 Å². The molecule has 0 aliphatic heterocycles. The van der Waals surface area contributed by atoms with Gasteiger partial charge in [0.25, 0.3) is 16.1 Å². The number of carbonyl (C=O) groups excluding carboxylic acids is 1. The number of carbonyl (C=O) groups is 1. The fraction of sp³-hybridized carbons (Fsp3) is 0.316. The van der Waals surface area contributed by atoms with E-state index in [1.54, 1.807) is 12.1 Å². The monoisotopic (exact) mass is 830 g/mol. The molecule has 5 N–H and O–H groups in total. The number of nitrogens with one attached hydrogen (secondary N) is 2. The molecule has 12 nitrogen and oxygen atoms in total. The second-order valence-electron chi connectivity index (χ2n) is 14.1. The van der Waals surface area contributed by atoms with Crippen LogP contribution in [0.25, 0.3) is 22.0 Å². The number of para-hydroxylation sites is 1. The molecule has 20 heteroatoms. The zero-order valence-electron chi connectivity index (χ0n) is 30.7. The van der Waals surface area contributed by atoms with Crippen LogP contribution < -0.4 is 15.2 Å². The number of nitrogens with zero attached hydrogens (tertiary/aromatic N) is 5. The lowest BCUT2D eigenvalue weighted by Crippen LogP contribution is -2.35. The van der Waals surface area contributed by atoms with Crippen molar-refractivity contribution in [2.24, 2.45) is 18.1 Å². The molecule has 1 aliphatic carbocycles. The van der Waals surface area contributed by atoms with Crippen LogP contribution in [-0.2, 0) is 53.5 Å². The number of hydrogen-bond acceptors (Lipinski definition) is 7. The summed E-state index contributed by atoms with van der Waals surface area (Å²) >= 11 is 0. The molecule has 2 aromatic carbocycles. The molecule has 0 fully saturated rings. The maximum atomic E-state index is 15.7. The second-order valence-corrected chi connectivity index (χ2v) is 15.4. The van der Waals surface area contributed by atoms with Gasteiger partial charge in [0.15, 0.2) is 11.5 Å². The maximum absolute atomic E-state index is 15.7. The van der Waals surface area contributed by atoms with E-state index in [0.717, 1.165) is 12.1 Å². The van der Waals surface area contributed by atoms with Gasteiger partial charge in [0.2, 0.25) is 5.91 Å². The fourth-order valence-corrected chi connectivity index (χ4v) is 7.31. The summed E-state index contributed by atoms with van der Waals surface area (Å²) in [4.78, 5) is 18.6. The van der Waals surface area contributed by atoms with Gasteiger partial charge < -0.3 is 10.4 Å². The van der Waals surface area contributed by atoms with Gasteiger partial charge in [-0.15, -0.1) is 12.3 Å². The minimum atomic E-state index is -5.16. The van der Waals surface area contributed by atoms with E-state index in [1.165, 1.54) is 43.8 Å². The van der Waals surface area contributed by atoms with Crippen molar-refractivity contribution in [1.29, 1.82) is 0 Å². The molecule has 304 valence electrons. The first-order valence-corrected chi connectivity index (χ1v) is 18.8. The summed E-state index contributed by atoms with van der Waals surface area (Å²) in [6.45, 7) is 1.65. The Hall–Kier alpha value is -5.96. The van der Waals surface area contributed by atoms with Gasteiger partial charge in [0.1, 0.15) is 35.2 Å². The lowest BCUT2D eigenvalue weighted by atomic mass is 9.93. The number of aromatic nitrogens is 5. The minimum absolute atomic E-state index is 0.0232. The predicted molar refractivity (Wildman–Crippen MR) is 197 cm³/mol. The number of halogens is 7. The zero-order valence-corrected chi connectivity index (χ0v) is 31.5. The highest BCUT2D eigenvalue weighted by Crippen LogP contribution is 2.51. The van der Waals surface area contributed by atoms with Crippen molar-refractivity contribution in [1.82, 2.24) is 29.9 Å². The number of aliphatic hydroxyl groups is 1. The quantitative estimate of drug-likeness (QED) is 0.110. The van der Waals surface area contributed by atoms with Gasteiger partial charge in [0, 0.05) is 47.5 Å². The van der Waals surface area contributed by atoms with E-state index in [0.29, 0.717) is 17.1 Å². The summed E-state index contributed by atoms with van der Waals surface area (Å²) in [6.07, 6.45) is -1.64. The summed E-state index contributed by atoms with van der Waals surface area (Å²) in [5, 5.41) is 26.0. The summed E-state index contributed by atoms with van der Waals surface area (Å²) in [7, 11) is -2.80. The van der Waals surface area contributed by atoms with Gasteiger partial charge in [0.05, 0.1) is 17.3 Å². The molecule has 2 unspecified atom stereocenters. The third kappa shape index (κ3) is 8.79. The zero-order chi connectivity index (χ0) is 42.5. The number of aryl methyl sites for hydroxylation is 1. The van der Waals surface area contributed by atoms with Gasteiger partial charge >= 0.3 is 6.18 Å². The number of terminal acetylenes is 1. The molecule has 0 spiro atoms. The molecule has 0 saturated carbocycles. The number of fused-ring (bicyclic) bond motifs is 2. The van der Waals surface area contributed by atoms with Crippen LogP contribution in [-0.4, -0.2) is 49.6 Å². The van der Waals surface area contributed by atoms with Gasteiger partial charge in [-0.3, -0.25) is 18.9 Å². The molecule has 3 heterocycles. The summed E-state index contributed by atoms with van der Waals surface area (Å²) in [6, 6.07) is 8.76. The number of amides is 1. The number of rotatable bonds is 10. The van der Waals surface area contributed by atoms with E-state index in [-0.39, 0.29) is 38.4 Å². The molecule has 0 radical (unpaired) electrons. The van der Waals surface area contributed by atoms with Crippen molar-refractivity contribution in [2.45, 2.75) is 63.4 Å². The van der Waals surface area contributed by atoms with E-state index in [1.807, 2.05) is 0 Å². The molecule has 1 amide bonds. The highest BCUT2D eigenvalue weighted by molar-refractivity contribution is 7.90. The van der Waals surface area contributed by atoms with Crippen molar-refractivity contribution in [2.75, 3.05) is 4.72 Å². The summed E-state index contributed by atoms with van der Waals surface area (Å²) in [5.74, 6) is -1.46. The molecule has 2 atom stereocenters. The second kappa shape index (κ2) is 15.1. The van der Waals surface area contributed by atoms with E-state index < -0.39 is 100 Å². The standard InChI is InChI=1S/C38H33F7N8O4S/c1-5-7-21-17-28-33(38(43,44)45)49-53(34(28)37(21,41)42)19-30(54)48-29(16-20-14-22(39)18-23(40)15-20)31-25(11-10-24(47-31)12-13-36(2,3)55)26-8-6-9-27-32(26)52(4)50-35(27)51-58(46,56)57/h1,6,8-11,14-15,18,21,29,55H,7,16-17,19H2,2-4H3,(H,48,54)(H,50,51)(H2,46,56,57). The molecule has 58 heavy (non-hydrogen) atoms. The smallest absolute Gasteiger partial charge is 0.378 e. The van der Waals surface area contributed by atoms with E-state index in [4.69, 9.17) is 11.6 Å². The molecule has 6 rings (SSSR count). The van der Waals surface area contributed by atoms with Crippen molar-refractivity contribution in [3.05, 3.63) is 94.1 Å². The molecule has 0 saturated heterocycles. The largest absolute Gasteiger partial charge is 0.435 e. The van der Waals surface area contributed by atoms with Crippen LogP contribution >= 0.6 is 0 Å². The first kappa shape index (κ1) is 41.7. The van der Waals surface area contributed by atoms with Crippen molar-refractivity contribution >= 4 is 32.8 Å². The van der Waals surface area contributed by atoms with Gasteiger partial charge in [-0.25, -0.2) is 18.9 Å². The lowest BCUT2D eigenvalue weighted by Gasteiger charge is -2.23. The first-order valence-electron chi connectivity index (χ1n) is 17.2. The number of benzene rings is 2. The van der Waals surface area contributed by atoms with Crippen molar-refractivity contribution in [3.8, 4) is 35.3 Å². The molecular formula is C38H33F7N8O4S. The number of anilines is 1. The molecule has 1 aliphatic rings. The predicted octanol–water partition coefficient (Wildman–Crippen LogP) is 5.25. The van der Waals surface area contributed by atoms with Crippen molar-refractivity contribution in [3.63, 3.8) is 0 Å². The highest BCUT2D eigenvalue weighted by Gasteiger charge is 2.55. The maximum Gasteiger partial charge on any atom is 0.435 e. The molecule has 5 aromatic rings. The molecular weight excluding hydrogens is 798 g/mol. The normalized spacial score (nSPS) is 15.7. The Labute approximate surface area is 326 Å². The van der Waals surface area contributed by atoms with Crippen LogP contribution in [0.4, 0.5) is 36.6 Å². The number of hydrogen-bond donors (Lipinski definition) is 4. The van der Waals surface area contributed by atoms with E-state index in [9.17, 15) is 40.3 Å². The van der Waals surface area contributed by atoms with Crippen LogP contribution in [0.15, 0.2) is 48.5 Å². The van der Waals surface area contributed by atoms with Crippen LogP contribution in [0.1, 0.15) is 60.2 Å². The van der Waals surface area contributed by atoms with Crippen LogP contribution in [0.2, 0.25) is 0 Å². The van der Waals surface area contributed by atoms with Crippen LogP contribution in [0.3, 0.4) is 0 Å². The summed E-state index contributed by atoms with van der Waals surface area (Å²) in [5.41, 5.74) is -4.19. The summed E-state index contributed by atoms with van der Waals surface area (Å²) < 4.78 is 130. The van der Waals surface area contributed by atoms with Gasteiger partial charge in [-0.2, -0.15) is 40.6 Å². The van der Waals surface area contributed by atoms with E-state index in [2.05, 4.69) is 43.0 Å². The Kier molecular flexibility index (Phi) is 10.8. The first-order chi connectivity index (χ1) is 26.9. The Morgan fingerprint density at radius 1 is 1.10 bits per heavy atom. The number of nitrogens with two attached hydrogens (primary N) is 1. The number of alkyl halides is 5. The topological polar surface area (TPSA) is 170 Å². The third-order valence-electron chi connectivity index (χ3n) is 9.10. The Balaban J connectivity index is 1.52. The molecule has 0 bridgehead atoms. The van der Waals surface area contributed by atoms with Gasteiger partial charge in [-0.05, 0) is 68.5 Å². The van der Waals surface area contributed by atoms with Crippen molar-refractivity contribution < 1.29 is 49.1 Å². The average Bonchev–Trinajstić information content (AvgIpc) is 3.70. The molecule has 3 aromatic heterocycles. The SMILES string of the molecule is C#CCC1Cc2c(C(F)(F)F)nn(CC(=O)NC(Cc3cc(F)cc(F)c3)c3nc(C#CC(C)(C)O)ccc3-c3cccc4c(NS(N)(=O)=O)nn(C)c34)c2C1(F)F. The van der Waals surface area contributed by atoms with Gasteiger partial charge in [-0.1, -0.05) is 18.1 Å². The Morgan fingerprint density at radius 3 is 2.41 bits per heavy atom. The Bertz CT molecular complexity index is 2650. The average molecular weight is 831 g/mol. The highest BCUT2D eigenvalue weighted by atomic mass is 32.2. The fourth-order valence-electron chi connectivity index (χ4n) is 6.89. The lowest BCUT2D eigenvalue weighted by molar-refractivity contribution is -0.142. The minimum Gasteiger partial charge on any atom is -0.378 e. The Morgan fingerprint density at radius 2 is 1.79 bits per heavy atom. The number of pyridine rings is 1. The van der Waals surface area contributed by atoms with Crippen LogP contribution in [0.5, 0.6) is 0 Å². The third-order valence-corrected chi connectivity index (χ3v) is 9.58. The van der Waals surface area contributed by atoms with Crippen LogP contribution in [0, 0.1) is 41.7 Å².